The van der Waals surface area contributed by atoms with Crippen molar-refractivity contribution in [1.82, 2.24) is 40.2 Å². The molecule has 0 radical (unpaired) electrons. The van der Waals surface area contributed by atoms with E-state index in [1.165, 1.54) is 4.90 Å². The van der Waals surface area contributed by atoms with Crippen LogP contribution in [0.4, 0.5) is 29.6 Å². The normalized spacial score (nSPS) is 22.2. The lowest BCUT2D eigenvalue weighted by molar-refractivity contribution is -0.120. The van der Waals surface area contributed by atoms with Crippen molar-refractivity contribution < 1.29 is 42.2 Å². The second kappa shape index (κ2) is 18.5. The summed E-state index contributed by atoms with van der Waals surface area (Å²) in [4.78, 5) is 68.1. The molecule has 4 aliphatic heterocycles. The van der Waals surface area contributed by atoms with Crippen LogP contribution in [0.25, 0.3) is 22.0 Å². The lowest BCUT2D eigenvalue weighted by Gasteiger charge is -2.40. The Morgan fingerprint density at radius 1 is 0.882 bits per heavy atom. The molecule has 10 rings (SSSR count). The maximum atomic E-state index is 14.2. The smallest absolute Gasteiger partial charge is 0.328 e. The molecule has 6 heterocycles. The first kappa shape index (κ1) is 45.2. The van der Waals surface area contributed by atoms with E-state index < -0.39 is 40.7 Å². The number of aromatic hydroxyl groups is 1. The Morgan fingerprint density at radius 2 is 1.63 bits per heavy atom. The average Bonchev–Trinajstić information content (AvgIpc) is 3.99. The third-order valence-corrected chi connectivity index (χ3v) is 14.7. The van der Waals surface area contributed by atoms with Gasteiger partial charge in [-0.15, -0.1) is 0 Å². The summed E-state index contributed by atoms with van der Waals surface area (Å²) in [5.41, 5.74) is 3.68. The molecule has 3 N–H and O–H groups in total. The molecule has 1 atom stereocenters. The Hall–Kier alpha value is -6.60. The Morgan fingerprint density at radius 3 is 2.37 bits per heavy atom. The maximum Gasteiger partial charge on any atom is 0.328 e. The fourth-order valence-electron chi connectivity index (χ4n) is 10.5. The van der Waals surface area contributed by atoms with Gasteiger partial charge in [-0.1, -0.05) is 18.2 Å². The molecular weight excluding hydrogens is 882 g/mol. The van der Waals surface area contributed by atoms with E-state index in [0.717, 1.165) is 98.7 Å². The molecule has 5 fully saturated rings. The van der Waals surface area contributed by atoms with Crippen LogP contribution in [0.5, 0.6) is 5.75 Å². The first-order valence-corrected chi connectivity index (χ1v) is 23.4. The van der Waals surface area contributed by atoms with Crippen LogP contribution < -0.4 is 20.4 Å². The number of halogens is 3. The van der Waals surface area contributed by atoms with Gasteiger partial charge in [0.2, 0.25) is 17.7 Å². The number of amides is 5. The number of benzene rings is 3. The van der Waals surface area contributed by atoms with Gasteiger partial charge in [0.05, 0.1) is 29.3 Å². The summed E-state index contributed by atoms with van der Waals surface area (Å²) in [6, 6.07) is 12.0. The van der Waals surface area contributed by atoms with E-state index in [9.17, 15) is 37.5 Å². The summed E-state index contributed by atoms with van der Waals surface area (Å²) in [5, 5.41) is 20.1. The van der Waals surface area contributed by atoms with Gasteiger partial charge < -0.3 is 25.0 Å². The largest absolute Gasteiger partial charge is 0.503 e. The van der Waals surface area contributed by atoms with Crippen LogP contribution in [-0.2, 0) is 9.53 Å². The zero-order valence-electron chi connectivity index (χ0n) is 37.7. The minimum absolute atomic E-state index is 0.0711. The Balaban J connectivity index is 0.678. The predicted octanol–water partition coefficient (Wildman–Crippen LogP) is 6.12. The van der Waals surface area contributed by atoms with E-state index in [-0.39, 0.29) is 48.9 Å². The van der Waals surface area contributed by atoms with E-state index in [1.807, 2.05) is 59.4 Å². The number of phenolic OH excluding ortho intramolecular Hbond substituents is 1. The molecule has 2 aromatic heterocycles. The zero-order valence-corrected chi connectivity index (χ0v) is 37.7. The maximum absolute atomic E-state index is 14.2. The second-order valence-corrected chi connectivity index (χ2v) is 18.8. The summed E-state index contributed by atoms with van der Waals surface area (Å²) in [5.74, 6) is -6.73. The predicted molar refractivity (Wildman–Crippen MR) is 245 cm³/mol. The topological polar surface area (TPSA) is 178 Å². The number of aryl methyl sites for hydroxylation is 1. The summed E-state index contributed by atoms with van der Waals surface area (Å²) in [6.07, 6.45) is 11.6. The number of fused-ring (bicyclic) bond motifs is 1. The first-order valence-electron chi connectivity index (χ1n) is 23.4. The number of carbonyl (C=O) groups excluding carboxylic acids is 4. The molecule has 5 aliphatic rings. The van der Waals surface area contributed by atoms with E-state index in [2.05, 4.69) is 20.4 Å². The molecule has 4 saturated heterocycles. The third-order valence-electron chi connectivity index (χ3n) is 14.7. The molecule has 1 saturated carbocycles. The number of likely N-dealkylation sites (tertiary alicyclic amines) is 1. The molecule has 68 heavy (non-hydrogen) atoms. The third kappa shape index (κ3) is 8.96. The highest BCUT2D eigenvalue weighted by atomic mass is 19.2. The number of imide groups is 1. The second-order valence-electron chi connectivity index (χ2n) is 18.8. The van der Waals surface area contributed by atoms with Crippen LogP contribution in [0.15, 0.2) is 61.1 Å². The number of carbonyl (C=O) groups is 4. The van der Waals surface area contributed by atoms with Gasteiger partial charge in [0.25, 0.3) is 11.8 Å². The molecule has 16 nitrogen and oxygen atoms in total. The van der Waals surface area contributed by atoms with Crippen molar-refractivity contribution in [1.29, 1.82) is 0 Å². The SMILES string of the molecule is Cc1ccc(C(=O)N2CCC3(CC2)C[C@H](N2CCN(c4ncc(-c5ccc6cn([C@H]7CC[C@H](CNC(=O)c8cc(F)c(O)c(F)c8F)CC7)nc6c5)cn4)CC2)CO3)cc1N1CCC(=O)NC1=O. The number of nitrogens with one attached hydrogen (secondary N) is 2. The zero-order chi connectivity index (χ0) is 47.3. The van der Waals surface area contributed by atoms with Gasteiger partial charge in [-0.3, -0.25) is 34.2 Å². The minimum atomic E-state index is -1.79. The van der Waals surface area contributed by atoms with Gasteiger partial charge in [0, 0.05) is 106 Å². The quantitative estimate of drug-likeness (QED) is 0.145. The molecule has 1 spiro atoms. The Kier molecular flexibility index (Phi) is 12.3. The number of ether oxygens (including phenoxy) is 1. The van der Waals surface area contributed by atoms with Crippen LogP contribution in [-0.4, -0.2) is 129 Å². The minimum Gasteiger partial charge on any atom is -0.503 e. The Labute approximate surface area is 390 Å². The van der Waals surface area contributed by atoms with Gasteiger partial charge in [-0.25, -0.2) is 23.5 Å². The van der Waals surface area contributed by atoms with Crippen molar-refractivity contribution in [3.63, 3.8) is 0 Å². The standard InChI is InChI=1S/C49H53F3N10O6/c1-29-2-5-32(21-40(29)61-13-10-41(63)56-48(61)67)46(66)59-14-11-49(12-15-59)23-36(28-68-49)58-16-18-60(19-17-58)47-54-25-34(26-55-47)31-6-7-33-27-62(57-39(33)20-31)35-8-3-30(4-9-35)24-53-45(65)37-22-38(50)44(64)43(52)42(37)51/h2,5-7,20-22,25-27,30,35-36,64H,3-4,8-19,23-24,28H2,1H3,(H,53,65)(H,56,63,67)/t30-,35-,36-/m0/s1. The van der Waals surface area contributed by atoms with Crippen LogP contribution in [0.3, 0.4) is 0 Å². The van der Waals surface area contributed by atoms with Crippen molar-refractivity contribution in [2.24, 2.45) is 5.92 Å². The molecular formula is C49H53F3N10O6. The van der Waals surface area contributed by atoms with Crippen molar-refractivity contribution in [3.8, 4) is 16.9 Å². The molecule has 0 bridgehead atoms. The molecule has 356 valence electrons. The number of nitrogens with zero attached hydrogens (tertiary/aromatic N) is 8. The average molecular weight is 935 g/mol. The van der Waals surface area contributed by atoms with Crippen molar-refractivity contribution in [3.05, 3.63) is 95.2 Å². The van der Waals surface area contributed by atoms with Gasteiger partial charge >= 0.3 is 6.03 Å². The van der Waals surface area contributed by atoms with Crippen LogP contribution in [0.2, 0.25) is 0 Å². The van der Waals surface area contributed by atoms with Crippen molar-refractivity contribution in [2.75, 3.05) is 68.8 Å². The first-order chi connectivity index (χ1) is 32.8. The van der Waals surface area contributed by atoms with Crippen LogP contribution in [0, 0.1) is 30.3 Å². The van der Waals surface area contributed by atoms with E-state index in [1.54, 1.807) is 12.1 Å². The number of piperidine rings is 1. The number of anilines is 2. The van der Waals surface area contributed by atoms with E-state index in [0.29, 0.717) is 49.0 Å². The number of urea groups is 1. The van der Waals surface area contributed by atoms with Crippen LogP contribution >= 0.6 is 0 Å². The molecule has 0 unspecified atom stereocenters. The molecule has 3 aromatic carbocycles. The number of rotatable bonds is 9. The lowest BCUT2D eigenvalue weighted by atomic mass is 9.86. The van der Waals surface area contributed by atoms with Gasteiger partial charge in [0.15, 0.2) is 17.4 Å². The summed E-state index contributed by atoms with van der Waals surface area (Å²) in [7, 11) is 0. The fraction of sp³-hybridized carbons (Fsp3) is 0.449. The highest BCUT2D eigenvalue weighted by Gasteiger charge is 2.45. The van der Waals surface area contributed by atoms with Crippen molar-refractivity contribution >= 4 is 46.3 Å². The number of hydrogen-bond donors (Lipinski definition) is 3. The van der Waals surface area contributed by atoms with Crippen LogP contribution in [0.1, 0.15) is 83.7 Å². The van der Waals surface area contributed by atoms with Crippen molar-refractivity contribution in [2.45, 2.75) is 76.0 Å². The number of piperazine rings is 1. The summed E-state index contributed by atoms with van der Waals surface area (Å²) >= 11 is 0. The molecule has 5 aromatic rings. The lowest BCUT2D eigenvalue weighted by Crippen LogP contribution is -2.52. The highest BCUT2D eigenvalue weighted by Crippen LogP contribution is 2.39. The van der Waals surface area contributed by atoms with Gasteiger partial charge in [-0.05, 0) is 93.2 Å². The fourth-order valence-corrected chi connectivity index (χ4v) is 10.5. The molecule has 5 amide bonds. The number of phenols is 1. The van der Waals surface area contributed by atoms with Gasteiger partial charge in [0.1, 0.15) is 0 Å². The number of hydrogen-bond acceptors (Lipinski definition) is 11. The summed E-state index contributed by atoms with van der Waals surface area (Å²) in [6.45, 7) is 7.55. The van der Waals surface area contributed by atoms with E-state index in [4.69, 9.17) is 19.8 Å². The Bertz CT molecular complexity index is 2770. The molecule has 1 aliphatic carbocycles. The molecule has 19 heteroatoms. The van der Waals surface area contributed by atoms with Gasteiger partial charge in [-0.2, -0.15) is 9.49 Å². The number of aromatic nitrogens is 4. The van der Waals surface area contributed by atoms with E-state index >= 15 is 0 Å². The monoisotopic (exact) mass is 934 g/mol. The highest BCUT2D eigenvalue weighted by molar-refractivity contribution is 6.06. The summed E-state index contributed by atoms with van der Waals surface area (Å²) < 4.78 is 50.2.